The fourth-order valence-corrected chi connectivity index (χ4v) is 5.84. The molecule has 0 aromatic heterocycles. The van der Waals surface area contributed by atoms with Gasteiger partial charge in [-0.05, 0) is 41.3 Å². The van der Waals surface area contributed by atoms with Gasteiger partial charge < -0.3 is 20.4 Å². The van der Waals surface area contributed by atoms with Gasteiger partial charge in [0.2, 0.25) is 0 Å². The molecule has 1 aliphatic carbocycles. The van der Waals surface area contributed by atoms with Crippen molar-refractivity contribution in [2.75, 3.05) is 17.5 Å². The summed E-state index contributed by atoms with van der Waals surface area (Å²) in [5, 5.41) is 45.1. The minimum absolute atomic E-state index is 0.0226. The predicted octanol–water partition coefficient (Wildman–Crippen LogP) is 2.39. The highest BCUT2D eigenvalue weighted by molar-refractivity contribution is 7.92. The Morgan fingerprint density at radius 3 is 2.00 bits per heavy atom. The number of rotatable bonds is 4. The average molecular weight is 455 g/mol. The molecule has 1 heterocycles. The maximum Gasteiger partial charge on any atom is 0.278 e. The van der Waals surface area contributed by atoms with Crippen LogP contribution in [0.15, 0.2) is 65.6 Å². The van der Waals surface area contributed by atoms with E-state index >= 15 is 0 Å². The lowest BCUT2D eigenvalue weighted by Crippen LogP contribution is -2.53. The quantitative estimate of drug-likeness (QED) is 0.447. The molecule has 8 nitrogen and oxygen atoms in total. The summed E-state index contributed by atoms with van der Waals surface area (Å²) in [6.07, 6.45) is -1.73. The van der Waals surface area contributed by atoms with Gasteiger partial charge in [0.05, 0.1) is 4.90 Å². The van der Waals surface area contributed by atoms with E-state index in [4.69, 9.17) is 0 Å². The monoisotopic (exact) mass is 454 g/mol. The Morgan fingerprint density at radius 1 is 0.812 bits per heavy atom. The van der Waals surface area contributed by atoms with E-state index in [-0.39, 0.29) is 21.7 Å². The van der Waals surface area contributed by atoms with E-state index in [9.17, 15) is 28.8 Å². The zero-order valence-electron chi connectivity index (χ0n) is 17.0. The molecule has 0 saturated carbocycles. The van der Waals surface area contributed by atoms with Crippen molar-refractivity contribution in [1.29, 1.82) is 0 Å². The number of aliphatic hydroxyl groups excluding tert-OH is 2. The second-order valence-electron chi connectivity index (χ2n) is 7.90. The van der Waals surface area contributed by atoms with Crippen LogP contribution in [0.3, 0.4) is 0 Å². The molecule has 0 radical (unpaired) electrons. The second-order valence-corrected chi connectivity index (χ2v) is 9.67. The van der Waals surface area contributed by atoms with Crippen molar-refractivity contribution in [3.05, 3.63) is 82.9 Å². The topological polar surface area (TPSA) is 122 Å². The molecule has 3 aromatic rings. The maximum atomic E-state index is 13.5. The summed E-state index contributed by atoms with van der Waals surface area (Å²) in [5.74, 6) is -1.34. The molecule has 9 heteroatoms. The Hall–Kier alpha value is -3.11. The number of phenols is 2. The van der Waals surface area contributed by atoms with E-state index in [0.29, 0.717) is 24.2 Å². The molecule has 1 saturated heterocycles. The Labute approximate surface area is 185 Å². The summed E-state index contributed by atoms with van der Waals surface area (Å²) in [6.45, 7) is 0.884. The molecule has 0 spiro atoms. The summed E-state index contributed by atoms with van der Waals surface area (Å²) in [5.41, 5.74) is 0.764. The van der Waals surface area contributed by atoms with E-state index in [2.05, 4.69) is 0 Å². The highest BCUT2D eigenvalue weighted by Gasteiger charge is 2.40. The smallest absolute Gasteiger partial charge is 0.278 e. The highest BCUT2D eigenvalue weighted by Crippen LogP contribution is 2.52. The molecule has 1 aliphatic heterocycles. The molecular formula is C23H22N2O6S. The number of phenolic OH excluding ortho intramolecular Hbond substituents is 2. The minimum atomic E-state index is -4.13. The number of aromatic hydroxyl groups is 2. The van der Waals surface area contributed by atoms with Gasteiger partial charge in [0.25, 0.3) is 10.0 Å². The van der Waals surface area contributed by atoms with E-state index in [0.717, 1.165) is 10.8 Å². The standard InChI is InChI=1S/C23H22N2O6S/c26-20-15-9-4-5-10-16(15)21(27)19-17(20)13-18(22(28)23(19)29)25(24-11-6-12-24)32(30,31)14-7-2-1-3-8-14/h1-5,7-10,13,20-21,26-29H,6,11-12H2. The molecule has 5 rings (SSSR count). The SMILES string of the molecule is O=S(=O)(c1ccccc1)N(c1cc2c(c(O)c1O)C(O)c1ccccc1C2O)N1CCC1. The molecule has 2 unspecified atom stereocenters. The number of fused-ring (bicyclic) bond motifs is 2. The molecule has 166 valence electrons. The van der Waals surface area contributed by atoms with Gasteiger partial charge in [-0.2, -0.15) is 12.8 Å². The fraction of sp³-hybridized carbons (Fsp3) is 0.217. The first-order valence-electron chi connectivity index (χ1n) is 10.2. The molecule has 0 amide bonds. The van der Waals surface area contributed by atoms with Gasteiger partial charge in [0, 0.05) is 18.7 Å². The largest absolute Gasteiger partial charge is 0.504 e. The second kappa shape index (κ2) is 7.49. The van der Waals surface area contributed by atoms with Crippen molar-refractivity contribution >= 4 is 15.7 Å². The molecular weight excluding hydrogens is 432 g/mol. The van der Waals surface area contributed by atoms with Crippen LogP contribution >= 0.6 is 0 Å². The Balaban J connectivity index is 1.72. The summed E-state index contributed by atoms with van der Waals surface area (Å²) in [7, 11) is -4.13. The zero-order valence-corrected chi connectivity index (χ0v) is 17.8. The van der Waals surface area contributed by atoms with Crippen LogP contribution in [0.5, 0.6) is 11.5 Å². The molecule has 2 atom stereocenters. The fourth-order valence-electron chi connectivity index (χ4n) is 4.28. The first-order chi connectivity index (χ1) is 15.3. The van der Waals surface area contributed by atoms with Gasteiger partial charge in [-0.1, -0.05) is 42.5 Å². The molecule has 3 aromatic carbocycles. The first-order valence-corrected chi connectivity index (χ1v) is 11.6. The third kappa shape index (κ3) is 2.97. The Morgan fingerprint density at radius 2 is 1.41 bits per heavy atom. The number of sulfonamides is 1. The molecule has 32 heavy (non-hydrogen) atoms. The van der Waals surface area contributed by atoms with E-state index in [1.165, 1.54) is 18.2 Å². The summed E-state index contributed by atoms with van der Waals surface area (Å²) in [6, 6.07) is 15.8. The lowest BCUT2D eigenvalue weighted by atomic mass is 9.81. The molecule has 2 aliphatic rings. The van der Waals surface area contributed by atoms with Crippen molar-refractivity contribution in [2.45, 2.75) is 23.5 Å². The number of hydrogen-bond acceptors (Lipinski definition) is 7. The van der Waals surface area contributed by atoms with Crippen molar-refractivity contribution < 1.29 is 28.8 Å². The van der Waals surface area contributed by atoms with Gasteiger partial charge >= 0.3 is 0 Å². The van der Waals surface area contributed by atoms with Crippen LogP contribution in [0, 0.1) is 0 Å². The summed E-state index contributed by atoms with van der Waals surface area (Å²) in [4.78, 5) is 0.0226. The maximum absolute atomic E-state index is 13.5. The van der Waals surface area contributed by atoms with Crippen molar-refractivity contribution in [3.63, 3.8) is 0 Å². The Bertz CT molecular complexity index is 1290. The first kappa shape index (κ1) is 20.8. The minimum Gasteiger partial charge on any atom is -0.504 e. The van der Waals surface area contributed by atoms with Crippen LogP contribution in [0.25, 0.3) is 0 Å². The third-order valence-electron chi connectivity index (χ3n) is 6.04. The number of hydrogen-bond donors (Lipinski definition) is 4. The van der Waals surface area contributed by atoms with E-state index in [1.54, 1.807) is 47.5 Å². The van der Waals surface area contributed by atoms with Crippen LogP contribution in [0.1, 0.15) is 40.9 Å². The summed E-state index contributed by atoms with van der Waals surface area (Å²) >= 11 is 0. The normalized spacial score (nSPS) is 20.2. The van der Waals surface area contributed by atoms with Gasteiger partial charge in [0.1, 0.15) is 17.9 Å². The van der Waals surface area contributed by atoms with Gasteiger partial charge in [-0.25, -0.2) is 5.01 Å². The van der Waals surface area contributed by atoms with Gasteiger partial charge in [-0.3, -0.25) is 0 Å². The zero-order chi connectivity index (χ0) is 22.6. The van der Waals surface area contributed by atoms with Crippen LogP contribution in [0.2, 0.25) is 0 Å². The van der Waals surface area contributed by atoms with Crippen LogP contribution in [0.4, 0.5) is 5.69 Å². The van der Waals surface area contributed by atoms with Crippen molar-refractivity contribution in [3.8, 4) is 11.5 Å². The van der Waals surface area contributed by atoms with E-state index < -0.39 is 33.7 Å². The van der Waals surface area contributed by atoms with Crippen LogP contribution < -0.4 is 4.41 Å². The number of nitrogens with zero attached hydrogens (tertiary/aromatic N) is 2. The lowest BCUT2D eigenvalue weighted by Gasteiger charge is -2.42. The number of benzene rings is 3. The van der Waals surface area contributed by atoms with Crippen molar-refractivity contribution in [1.82, 2.24) is 5.01 Å². The number of hydrazine groups is 1. The highest BCUT2D eigenvalue weighted by atomic mass is 32.2. The lowest BCUT2D eigenvalue weighted by molar-refractivity contribution is 0.168. The van der Waals surface area contributed by atoms with Gasteiger partial charge in [0.15, 0.2) is 11.5 Å². The molecule has 4 N–H and O–H groups in total. The number of anilines is 1. The average Bonchev–Trinajstić information content (AvgIpc) is 2.77. The van der Waals surface area contributed by atoms with Gasteiger partial charge in [-0.15, -0.1) is 0 Å². The number of aliphatic hydroxyl groups is 2. The van der Waals surface area contributed by atoms with Crippen LogP contribution in [-0.2, 0) is 10.0 Å². The molecule has 1 fully saturated rings. The van der Waals surface area contributed by atoms with Crippen molar-refractivity contribution in [2.24, 2.45) is 0 Å². The summed E-state index contributed by atoms with van der Waals surface area (Å²) < 4.78 is 28.0. The van der Waals surface area contributed by atoms with E-state index in [1.807, 2.05) is 0 Å². The molecule has 0 bridgehead atoms. The van der Waals surface area contributed by atoms with Crippen LogP contribution in [-0.4, -0.2) is 46.9 Å². The Kier molecular flexibility index (Phi) is 4.86. The third-order valence-corrected chi connectivity index (χ3v) is 7.79. The predicted molar refractivity (Wildman–Crippen MR) is 117 cm³/mol.